The molecule has 2 aliphatic rings. The number of amides is 1. The average molecular weight is 590 g/mol. The van der Waals surface area contributed by atoms with Crippen LogP contribution in [0, 0.1) is 0 Å². The molecule has 0 saturated carbocycles. The van der Waals surface area contributed by atoms with Crippen molar-refractivity contribution in [2.24, 2.45) is 0 Å². The van der Waals surface area contributed by atoms with Crippen molar-refractivity contribution in [2.75, 3.05) is 69.5 Å². The van der Waals surface area contributed by atoms with Crippen molar-refractivity contribution in [1.29, 1.82) is 0 Å². The van der Waals surface area contributed by atoms with E-state index in [-0.39, 0.29) is 18.6 Å². The van der Waals surface area contributed by atoms with Gasteiger partial charge in [0.05, 0.1) is 39.5 Å². The van der Waals surface area contributed by atoms with Gasteiger partial charge in [0.1, 0.15) is 23.9 Å². The fourth-order valence-corrected chi connectivity index (χ4v) is 5.68. The van der Waals surface area contributed by atoms with Crippen molar-refractivity contribution in [2.45, 2.75) is 38.3 Å². The van der Waals surface area contributed by atoms with Crippen molar-refractivity contribution in [1.82, 2.24) is 5.32 Å². The number of ether oxygens (including phenoxy) is 4. The van der Waals surface area contributed by atoms with Crippen molar-refractivity contribution >= 4 is 17.3 Å². The summed E-state index contributed by atoms with van der Waals surface area (Å²) in [5.74, 6) is 2.39. The van der Waals surface area contributed by atoms with Crippen molar-refractivity contribution < 1.29 is 28.8 Å². The molecule has 1 saturated heterocycles. The molecule has 0 aliphatic carbocycles. The van der Waals surface area contributed by atoms with E-state index in [2.05, 4.69) is 22.3 Å². The number of nitrogens with zero attached hydrogens (tertiary/aromatic N) is 2. The van der Waals surface area contributed by atoms with Crippen LogP contribution in [0.1, 0.15) is 30.4 Å². The van der Waals surface area contributed by atoms with Crippen LogP contribution in [0.3, 0.4) is 0 Å². The first-order valence-electron chi connectivity index (χ1n) is 15.2. The van der Waals surface area contributed by atoms with E-state index in [0.717, 1.165) is 67.3 Å². The number of piperazine rings is 1. The predicted molar refractivity (Wildman–Crippen MR) is 168 cm³/mol. The summed E-state index contributed by atoms with van der Waals surface area (Å²) in [5.41, 5.74) is 4.35. The van der Waals surface area contributed by atoms with E-state index in [1.54, 1.807) is 7.11 Å². The van der Waals surface area contributed by atoms with Crippen LogP contribution in [0.5, 0.6) is 17.2 Å². The van der Waals surface area contributed by atoms with Crippen LogP contribution >= 0.6 is 0 Å². The Balaban J connectivity index is 1.11. The molecule has 1 fully saturated rings. The van der Waals surface area contributed by atoms with Gasteiger partial charge in [0.2, 0.25) is 5.91 Å². The Labute approximate surface area is 254 Å². The number of anilines is 2. The van der Waals surface area contributed by atoms with Crippen LogP contribution in [0.4, 0.5) is 11.4 Å². The first-order chi connectivity index (χ1) is 21.2. The maximum atomic E-state index is 13.0. The Kier molecular flexibility index (Phi) is 11.1. The predicted octanol–water partition coefficient (Wildman–Crippen LogP) is 4.20. The molecule has 2 heterocycles. The number of nitrogens with one attached hydrogen (secondary N) is 1. The zero-order valence-electron chi connectivity index (χ0n) is 25.0. The summed E-state index contributed by atoms with van der Waals surface area (Å²) < 4.78 is 23.3. The third-order valence-corrected chi connectivity index (χ3v) is 7.86. The van der Waals surface area contributed by atoms with Crippen LogP contribution in [-0.4, -0.2) is 76.8 Å². The standard InChI is InChI=1S/C34H43N3O6/c1-40-33-9-3-2-7-27(33)24-41-19-6-20-42-30-14-11-28(12-15-30)37-29(22-35-23-34(37)39)25-43-31-13-10-26-8-4-16-36(17-5-18-38)32(26)21-31/h2-3,7,9-15,21,29,35,38H,4-6,8,16-20,22-25H2,1H3/t29-/m0/s1. The molecule has 43 heavy (non-hydrogen) atoms. The van der Waals surface area contributed by atoms with Gasteiger partial charge in [-0.15, -0.1) is 0 Å². The maximum absolute atomic E-state index is 13.0. The number of fused-ring (bicyclic) bond motifs is 1. The highest BCUT2D eigenvalue weighted by atomic mass is 16.5. The van der Waals surface area contributed by atoms with E-state index in [0.29, 0.717) is 39.5 Å². The Morgan fingerprint density at radius 3 is 2.65 bits per heavy atom. The smallest absolute Gasteiger partial charge is 0.241 e. The fraction of sp³-hybridized carbons (Fsp3) is 0.441. The van der Waals surface area contributed by atoms with Crippen molar-refractivity contribution in [3.8, 4) is 17.2 Å². The first-order valence-corrected chi connectivity index (χ1v) is 15.2. The molecule has 9 nitrogen and oxygen atoms in total. The lowest BCUT2D eigenvalue weighted by atomic mass is 10.0. The third kappa shape index (κ3) is 8.19. The van der Waals surface area contributed by atoms with Crippen LogP contribution in [-0.2, 0) is 22.6 Å². The number of methoxy groups -OCH3 is 1. The zero-order chi connectivity index (χ0) is 29.9. The number of para-hydroxylation sites is 1. The van der Waals surface area contributed by atoms with Gasteiger partial charge in [-0.3, -0.25) is 4.79 Å². The molecule has 2 N–H and O–H groups in total. The average Bonchev–Trinajstić information content (AvgIpc) is 3.05. The molecule has 3 aromatic carbocycles. The highest BCUT2D eigenvalue weighted by Gasteiger charge is 2.30. The van der Waals surface area contributed by atoms with Gasteiger partial charge in [-0.2, -0.15) is 0 Å². The Morgan fingerprint density at radius 1 is 0.977 bits per heavy atom. The maximum Gasteiger partial charge on any atom is 0.241 e. The molecule has 230 valence electrons. The van der Waals surface area contributed by atoms with Gasteiger partial charge in [0.15, 0.2) is 0 Å². The minimum absolute atomic E-state index is 0.0151. The lowest BCUT2D eigenvalue weighted by Crippen LogP contribution is -2.57. The summed E-state index contributed by atoms with van der Waals surface area (Å²) >= 11 is 0. The van der Waals surface area contributed by atoms with E-state index < -0.39 is 0 Å². The van der Waals surface area contributed by atoms with E-state index in [9.17, 15) is 9.90 Å². The van der Waals surface area contributed by atoms with Crippen LogP contribution < -0.4 is 29.3 Å². The Morgan fingerprint density at radius 2 is 1.81 bits per heavy atom. The van der Waals surface area contributed by atoms with Gasteiger partial charge in [0.25, 0.3) is 0 Å². The van der Waals surface area contributed by atoms with E-state index in [1.165, 1.54) is 11.3 Å². The number of hydrogen-bond acceptors (Lipinski definition) is 8. The molecule has 3 aromatic rings. The highest BCUT2D eigenvalue weighted by molar-refractivity contribution is 5.96. The fourth-order valence-electron chi connectivity index (χ4n) is 5.68. The van der Waals surface area contributed by atoms with Gasteiger partial charge in [-0.05, 0) is 61.2 Å². The largest absolute Gasteiger partial charge is 0.496 e. The van der Waals surface area contributed by atoms with Gasteiger partial charge in [0, 0.05) is 55.7 Å². The summed E-state index contributed by atoms with van der Waals surface area (Å²) in [6.45, 7) is 4.94. The van der Waals surface area contributed by atoms with E-state index >= 15 is 0 Å². The summed E-state index contributed by atoms with van der Waals surface area (Å²) in [6.07, 6.45) is 3.68. The van der Waals surface area contributed by atoms with E-state index in [1.807, 2.05) is 59.5 Å². The van der Waals surface area contributed by atoms with E-state index in [4.69, 9.17) is 18.9 Å². The number of rotatable bonds is 15. The molecule has 1 atom stereocenters. The van der Waals surface area contributed by atoms with Gasteiger partial charge >= 0.3 is 0 Å². The summed E-state index contributed by atoms with van der Waals surface area (Å²) in [5, 5.41) is 12.5. The molecule has 0 aromatic heterocycles. The summed E-state index contributed by atoms with van der Waals surface area (Å²) in [4.78, 5) is 17.1. The lowest BCUT2D eigenvalue weighted by molar-refractivity contribution is -0.119. The van der Waals surface area contributed by atoms with Gasteiger partial charge in [-0.25, -0.2) is 0 Å². The minimum atomic E-state index is -0.144. The normalized spacial score (nSPS) is 16.6. The SMILES string of the molecule is COc1ccccc1COCCCOc1ccc(N2C(=O)CNC[C@H]2COc2ccc3c(c2)N(CCCO)CCC3)cc1. The number of carbonyl (C=O) groups excluding carboxylic acids is 1. The molecule has 1 amide bonds. The molecular formula is C34H43N3O6. The second kappa shape index (κ2) is 15.6. The second-order valence-corrected chi connectivity index (χ2v) is 10.9. The molecule has 5 rings (SSSR count). The molecule has 0 spiro atoms. The topological polar surface area (TPSA) is 92.7 Å². The highest BCUT2D eigenvalue weighted by Crippen LogP contribution is 2.32. The summed E-state index contributed by atoms with van der Waals surface area (Å²) in [7, 11) is 1.66. The van der Waals surface area contributed by atoms with Gasteiger partial charge < -0.3 is 39.2 Å². The Hall–Kier alpha value is -3.79. The molecule has 0 bridgehead atoms. The number of aliphatic hydroxyl groups is 1. The number of aliphatic hydroxyl groups excluding tert-OH is 1. The second-order valence-electron chi connectivity index (χ2n) is 10.9. The van der Waals surface area contributed by atoms with Crippen molar-refractivity contribution in [3.05, 3.63) is 77.9 Å². The quantitative estimate of drug-likeness (QED) is 0.255. The van der Waals surface area contributed by atoms with Crippen LogP contribution in [0.2, 0.25) is 0 Å². The number of benzene rings is 3. The Bertz CT molecular complexity index is 1320. The zero-order valence-corrected chi connectivity index (χ0v) is 25.0. The molecular weight excluding hydrogens is 546 g/mol. The molecule has 9 heteroatoms. The van der Waals surface area contributed by atoms with Crippen LogP contribution in [0.15, 0.2) is 66.7 Å². The minimum Gasteiger partial charge on any atom is -0.496 e. The van der Waals surface area contributed by atoms with Crippen LogP contribution in [0.25, 0.3) is 0 Å². The number of aryl methyl sites for hydroxylation is 1. The molecule has 2 aliphatic heterocycles. The number of carbonyl (C=O) groups is 1. The van der Waals surface area contributed by atoms with Gasteiger partial charge in [-0.1, -0.05) is 24.3 Å². The molecule has 0 radical (unpaired) electrons. The summed E-state index contributed by atoms with van der Waals surface area (Å²) in [6, 6.07) is 21.6. The first kappa shape index (κ1) is 30.7. The lowest BCUT2D eigenvalue weighted by Gasteiger charge is -2.36. The number of hydrogen-bond donors (Lipinski definition) is 2. The monoisotopic (exact) mass is 589 g/mol. The third-order valence-electron chi connectivity index (χ3n) is 7.86. The molecule has 0 unspecified atom stereocenters. The van der Waals surface area contributed by atoms with Crippen molar-refractivity contribution in [3.63, 3.8) is 0 Å².